The quantitative estimate of drug-likeness (QED) is 0.763. The monoisotopic (exact) mass is 337 g/mol. The third-order valence-corrected chi connectivity index (χ3v) is 3.41. The predicted octanol–water partition coefficient (Wildman–Crippen LogP) is 3.10. The van der Waals surface area contributed by atoms with E-state index < -0.39 is 11.9 Å². The number of hydrogen-bond donors (Lipinski definition) is 2. The molecule has 0 aliphatic carbocycles. The molecule has 2 aromatic carbocycles. The Morgan fingerprint density at radius 3 is 2.65 bits per heavy atom. The van der Waals surface area contributed by atoms with E-state index in [0.717, 1.165) is 6.07 Å². The highest BCUT2D eigenvalue weighted by Gasteiger charge is 2.23. The molecule has 0 aliphatic rings. The zero-order chi connectivity index (χ0) is 16.7. The summed E-state index contributed by atoms with van der Waals surface area (Å²) in [6, 6.07) is 12.7. The molecule has 23 heavy (non-hydrogen) atoms. The van der Waals surface area contributed by atoms with Crippen molar-refractivity contribution in [3.63, 3.8) is 0 Å². The van der Waals surface area contributed by atoms with E-state index in [1.807, 2.05) is 6.07 Å². The summed E-state index contributed by atoms with van der Waals surface area (Å²) in [4.78, 5) is 12.4. The molecule has 1 amide bonds. The van der Waals surface area contributed by atoms with Crippen molar-refractivity contribution in [1.82, 2.24) is 5.32 Å². The van der Waals surface area contributed by atoms with E-state index in [-0.39, 0.29) is 23.3 Å². The van der Waals surface area contributed by atoms with E-state index in [1.165, 1.54) is 12.1 Å². The number of ether oxygens (including phenoxy) is 1. The first-order chi connectivity index (χ1) is 11.1. The van der Waals surface area contributed by atoms with Gasteiger partial charge in [0.25, 0.3) is 5.91 Å². The predicted molar refractivity (Wildman–Crippen MR) is 85.9 cm³/mol. The minimum absolute atomic E-state index is 0.0130. The van der Waals surface area contributed by atoms with Crippen LogP contribution in [-0.4, -0.2) is 24.2 Å². The molecule has 0 aromatic heterocycles. The first-order valence-corrected chi connectivity index (χ1v) is 7.55. The second-order valence-corrected chi connectivity index (χ2v) is 5.26. The molecule has 0 heterocycles. The first kappa shape index (κ1) is 17.2. The summed E-state index contributed by atoms with van der Waals surface area (Å²) in [6.45, 7) is 0.320. The van der Waals surface area contributed by atoms with Crippen LogP contribution in [0.15, 0.2) is 48.5 Å². The summed E-state index contributed by atoms with van der Waals surface area (Å²) < 4.78 is 18.8. The van der Waals surface area contributed by atoms with Crippen molar-refractivity contribution in [1.29, 1.82) is 0 Å². The zero-order valence-corrected chi connectivity index (χ0v) is 13.1. The Kier molecular flexibility index (Phi) is 6.38. The molecule has 122 valence electrons. The van der Waals surface area contributed by atoms with Crippen LogP contribution in [-0.2, 0) is 4.79 Å². The average molecular weight is 338 g/mol. The van der Waals surface area contributed by atoms with Gasteiger partial charge in [0, 0.05) is 18.7 Å². The molecule has 6 heteroatoms. The number of benzene rings is 2. The number of halogens is 2. The SMILES string of the molecule is O=C(NCCCO)C(Oc1ccc(F)cc1Cl)c1ccccc1. The molecule has 0 saturated heterocycles. The molecule has 0 aliphatic heterocycles. The minimum atomic E-state index is -0.919. The molecular weight excluding hydrogens is 321 g/mol. The van der Waals surface area contributed by atoms with Gasteiger partial charge in [-0.25, -0.2) is 4.39 Å². The van der Waals surface area contributed by atoms with Crippen LogP contribution >= 0.6 is 11.6 Å². The van der Waals surface area contributed by atoms with Gasteiger partial charge in [0.1, 0.15) is 11.6 Å². The number of rotatable bonds is 7. The average Bonchev–Trinajstić information content (AvgIpc) is 2.55. The van der Waals surface area contributed by atoms with Gasteiger partial charge in [-0.3, -0.25) is 4.79 Å². The Labute approximate surface area is 138 Å². The van der Waals surface area contributed by atoms with Crippen LogP contribution in [0.1, 0.15) is 18.1 Å². The largest absolute Gasteiger partial charge is 0.474 e. The van der Waals surface area contributed by atoms with E-state index >= 15 is 0 Å². The van der Waals surface area contributed by atoms with Crippen LogP contribution in [0.5, 0.6) is 5.75 Å². The lowest BCUT2D eigenvalue weighted by atomic mass is 10.1. The summed E-state index contributed by atoms with van der Waals surface area (Å²) in [5, 5.41) is 11.6. The summed E-state index contributed by atoms with van der Waals surface area (Å²) >= 11 is 5.96. The number of hydrogen-bond acceptors (Lipinski definition) is 3. The topological polar surface area (TPSA) is 58.6 Å². The lowest BCUT2D eigenvalue weighted by Crippen LogP contribution is -2.33. The van der Waals surface area contributed by atoms with E-state index in [1.54, 1.807) is 24.3 Å². The van der Waals surface area contributed by atoms with Gasteiger partial charge >= 0.3 is 0 Å². The van der Waals surface area contributed by atoms with Gasteiger partial charge < -0.3 is 15.2 Å². The van der Waals surface area contributed by atoms with Crippen LogP contribution in [0.25, 0.3) is 0 Å². The van der Waals surface area contributed by atoms with Crippen molar-refractivity contribution in [2.24, 2.45) is 0 Å². The molecule has 4 nitrogen and oxygen atoms in total. The van der Waals surface area contributed by atoms with Gasteiger partial charge in [-0.15, -0.1) is 0 Å². The second kappa shape index (κ2) is 8.50. The lowest BCUT2D eigenvalue weighted by molar-refractivity contribution is -0.128. The summed E-state index contributed by atoms with van der Waals surface area (Å²) in [6.07, 6.45) is -0.470. The van der Waals surface area contributed by atoms with Crippen molar-refractivity contribution in [3.8, 4) is 5.75 Å². The standard InChI is InChI=1S/C17H17ClFNO3/c18-14-11-13(19)7-8-15(14)23-16(12-5-2-1-3-6-12)17(22)20-9-4-10-21/h1-3,5-8,11,16,21H,4,9-10H2,(H,20,22). The molecule has 0 spiro atoms. The van der Waals surface area contributed by atoms with E-state index in [4.69, 9.17) is 21.4 Å². The smallest absolute Gasteiger partial charge is 0.265 e. The van der Waals surface area contributed by atoms with Crippen LogP contribution in [0.3, 0.4) is 0 Å². The fourth-order valence-corrected chi connectivity index (χ4v) is 2.19. The highest BCUT2D eigenvalue weighted by Crippen LogP contribution is 2.29. The molecule has 0 fully saturated rings. The number of aliphatic hydroxyl groups is 1. The highest BCUT2D eigenvalue weighted by molar-refractivity contribution is 6.32. The van der Waals surface area contributed by atoms with Gasteiger partial charge in [0.05, 0.1) is 5.02 Å². The Morgan fingerprint density at radius 1 is 1.26 bits per heavy atom. The molecule has 1 atom stereocenters. The first-order valence-electron chi connectivity index (χ1n) is 7.17. The van der Waals surface area contributed by atoms with Crippen LogP contribution < -0.4 is 10.1 Å². The van der Waals surface area contributed by atoms with Crippen molar-refractivity contribution in [2.75, 3.05) is 13.2 Å². The van der Waals surface area contributed by atoms with Gasteiger partial charge in [0.15, 0.2) is 0 Å². The number of amides is 1. The lowest BCUT2D eigenvalue weighted by Gasteiger charge is -2.20. The minimum Gasteiger partial charge on any atom is -0.474 e. The molecule has 2 N–H and O–H groups in total. The van der Waals surface area contributed by atoms with Crippen LogP contribution in [0.4, 0.5) is 4.39 Å². The fraction of sp³-hybridized carbons (Fsp3) is 0.235. The maximum Gasteiger partial charge on any atom is 0.265 e. The second-order valence-electron chi connectivity index (χ2n) is 4.85. The molecule has 0 radical (unpaired) electrons. The normalized spacial score (nSPS) is 11.8. The van der Waals surface area contributed by atoms with E-state index in [2.05, 4.69) is 5.32 Å². The third kappa shape index (κ3) is 4.94. The van der Waals surface area contributed by atoms with E-state index in [9.17, 15) is 9.18 Å². The Bertz CT molecular complexity index is 652. The molecule has 0 bridgehead atoms. The summed E-state index contributed by atoms with van der Waals surface area (Å²) in [5.41, 5.74) is 0.648. The molecule has 0 saturated carbocycles. The Hall–Kier alpha value is -2.11. The number of nitrogens with one attached hydrogen (secondary N) is 1. The number of carbonyl (C=O) groups excluding carboxylic acids is 1. The fourth-order valence-electron chi connectivity index (χ4n) is 1.98. The maximum absolute atomic E-state index is 13.1. The van der Waals surface area contributed by atoms with Crippen LogP contribution in [0, 0.1) is 5.82 Å². The van der Waals surface area contributed by atoms with Crippen molar-refractivity contribution < 1.29 is 19.0 Å². The van der Waals surface area contributed by atoms with Crippen molar-refractivity contribution in [2.45, 2.75) is 12.5 Å². The number of carbonyl (C=O) groups is 1. The third-order valence-electron chi connectivity index (χ3n) is 3.11. The van der Waals surface area contributed by atoms with Crippen LogP contribution in [0.2, 0.25) is 5.02 Å². The number of aliphatic hydroxyl groups excluding tert-OH is 1. The Balaban J connectivity index is 2.21. The Morgan fingerprint density at radius 2 is 2.00 bits per heavy atom. The van der Waals surface area contributed by atoms with Gasteiger partial charge in [-0.1, -0.05) is 41.9 Å². The molecule has 2 aromatic rings. The molecular formula is C17H17ClFNO3. The van der Waals surface area contributed by atoms with Crippen molar-refractivity contribution in [3.05, 3.63) is 64.9 Å². The summed E-state index contributed by atoms with van der Waals surface area (Å²) in [5.74, 6) is -0.615. The summed E-state index contributed by atoms with van der Waals surface area (Å²) in [7, 11) is 0. The molecule has 2 rings (SSSR count). The van der Waals surface area contributed by atoms with E-state index in [0.29, 0.717) is 18.5 Å². The zero-order valence-electron chi connectivity index (χ0n) is 12.3. The van der Waals surface area contributed by atoms with Crippen molar-refractivity contribution >= 4 is 17.5 Å². The maximum atomic E-state index is 13.1. The van der Waals surface area contributed by atoms with Gasteiger partial charge in [0.2, 0.25) is 6.10 Å². The molecule has 1 unspecified atom stereocenters. The van der Waals surface area contributed by atoms with Gasteiger partial charge in [-0.05, 0) is 24.6 Å². The van der Waals surface area contributed by atoms with Gasteiger partial charge in [-0.2, -0.15) is 0 Å². The highest BCUT2D eigenvalue weighted by atomic mass is 35.5.